The first-order valence-electron chi connectivity index (χ1n) is 8.59. The zero-order chi connectivity index (χ0) is 14.3. The Morgan fingerprint density at radius 2 is 1.67 bits per heavy atom. The number of nitrogens with zero attached hydrogens (tertiary/aromatic N) is 2. The Hall–Kier alpha value is -1.32. The molecular formula is C17H26N4. The maximum atomic E-state index is 4.46. The summed E-state index contributed by atoms with van der Waals surface area (Å²) in [5, 5.41) is 7.16. The molecule has 1 heterocycles. The highest BCUT2D eigenvalue weighted by Gasteiger charge is 2.51. The third-order valence-electron chi connectivity index (χ3n) is 5.65. The Bertz CT molecular complexity index is 478. The van der Waals surface area contributed by atoms with Crippen LogP contribution in [0.4, 0.5) is 11.6 Å². The lowest BCUT2D eigenvalue weighted by Gasteiger charge is -2.57. The summed E-state index contributed by atoms with van der Waals surface area (Å²) < 4.78 is 0. The predicted molar refractivity (Wildman–Crippen MR) is 85.3 cm³/mol. The lowest BCUT2D eigenvalue weighted by atomic mass is 9.53. The van der Waals surface area contributed by atoms with Crippen molar-refractivity contribution in [3.8, 4) is 0 Å². The van der Waals surface area contributed by atoms with Crippen LogP contribution in [0.5, 0.6) is 0 Å². The molecule has 0 amide bonds. The summed E-state index contributed by atoms with van der Waals surface area (Å²) in [5.41, 5.74) is 0.325. The second-order valence-electron chi connectivity index (χ2n) is 7.54. The molecule has 0 aromatic carbocycles. The molecule has 5 rings (SSSR count). The van der Waals surface area contributed by atoms with Crippen LogP contribution in [0, 0.1) is 17.8 Å². The van der Waals surface area contributed by atoms with Gasteiger partial charge in [-0.25, -0.2) is 9.97 Å². The van der Waals surface area contributed by atoms with E-state index in [1.165, 1.54) is 38.5 Å². The summed E-state index contributed by atoms with van der Waals surface area (Å²) in [7, 11) is 0. The van der Waals surface area contributed by atoms with Crippen molar-refractivity contribution in [1.82, 2.24) is 9.97 Å². The van der Waals surface area contributed by atoms with E-state index in [1.54, 1.807) is 6.33 Å². The van der Waals surface area contributed by atoms with Gasteiger partial charge in [-0.1, -0.05) is 6.92 Å². The van der Waals surface area contributed by atoms with Gasteiger partial charge in [-0.2, -0.15) is 0 Å². The van der Waals surface area contributed by atoms with Gasteiger partial charge >= 0.3 is 0 Å². The molecule has 0 atom stereocenters. The fourth-order valence-electron chi connectivity index (χ4n) is 5.31. The topological polar surface area (TPSA) is 49.8 Å². The van der Waals surface area contributed by atoms with E-state index in [0.29, 0.717) is 5.54 Å². The van der Waals surface area contributed by atoms with Gasteiger partial charge in [0.15, 0.2) is 0 Å². The molecule has 1 aromatic rings. The van der Waals surface area contributed by atoms with Crippen LogP contribution in [0.3, 0.4) is 0 Å². The number of anilines is 2. The molecule has 4 fully saturated rings. The molecule has 4 saturated carbocycles. The maximum absolute atomic E-state index is 4.46. The number of hydrogen-bond acceptors (Lipinski definition) is 4. The molecule has 4 nitrogen and oxygen atoms in total. The van der Waals surface area contributed by atoms with Crippen LogP contribution in [-0.2, 0) is 0 Å². The first kappa shape index (κ1) is 13.4. The van der Waals surface area contributed by atoms with Crippen molar-refractivity contribution in [3.05, 3.63) is 12.4 Å². The van der Waals surface area contributed by atoms with Crippen LogP contribution >= 0.6 is 0 Å². The van der Waals surface area contributed by atoms with E-state index in [2.05, 4.69) is 33.6 Å². The molecule has 4 heteroatoms. The van der Waals surface area contributed by atoms with Crippen molar-refractivity contribution < 1.29 is 0 Å². The molecule has 0 saturated heterocycles. The van der Waals surface area contributed by atoms with Crippen LogP contribution < -0.4 is 10.6 Å². The van der Waals surface area contributed by atoms with Crippen molar-refractivity contribution in [2.45, 2.75) is 57.4 Å². The van der Waals surface area contributed by atoms with Gasteiger partial charge in [0.2, 0.25) is 0 Å². The molecule has 0 unspecified atom stereocenters. The Kier molecular flexibility index (Phi) is 3.27. The van der Waals surface area contributed by atoms with Gasteiger partial charge in [0, 0.05) is 18.2 Å². The van der Waals surface area contributed by atoms with Crippen molar-refractivity contribution >= 4 is 11.6 Å². The van der Waals surface area contributed by atoms with E-state index in [-0.39, 0.29) is 0 Å². The standard InChI is InChI=1S/C17H26N4/c1-2-3-18-15-7-16(20-11-19-15)21-17-8-12-4-13(9-17)6-14(5-12)10-17/h7,11-14H,2-6,8-10H2,1H3,(H2,18,19,20,21). The minimum Gasteiger partial charge on any atom is -0.370 e. The van der Waals surface area contributed by atoms with Crippen molar-refractivity contribution in [1.29, 1.82) is 0 Å². The van der Waals surface area contributed by atoms with Gasteiger partial charge in [0.1, 0.15) is 18.0 Å². The van der Waals surface area contributed by atoms with Crippen LogP contribution in [0.2, 0.25) is 0 Å². The summed E-state index contributed by atoms with van der Waals surface area (Å²) in [5.74, 6) is 4.83. The SMILES string of the molecule is CCCNc1cc(NC23CC4CC(CC(C4)C2)C3)ncn1. The number of hydrogen-bond donors (Lipinski definition) is 2. The van der Waals surface area contributed by atoms with E-state index in [0.717, 1.165) is 42.4 Å². The molecular weight excluding hydrogens is 260 g/mol. The van der Waals surface area contributed by atoms with Crippen LogP contribution in [-0.4, -0.2) is 22.1 Å². The summed E-state index contributed by atoms with van der Waals surface area (Å²) >= 11 is 0. The van der Waals surface area contributed by atoms with Crippen molar-refractivity contribution in [2.75, 3.05) is 17.2 Å². The lowest BCUT2D eigenvalue weighted by Crippen LogP contribution is -2.54. The number of nitrogens with one attached hydrogen (secondary N) is 2. The smallest absolute Gasteiger partial charge is 0.131 e. The quantitative estimate of drug-likeness (QED) is 0.867. The average Bonchev–Trinajstić information content (AvgIpc) is 2.43. The number of aromatic nitrogens is 2. The second-order valence-corrected chi connectivity index (χ2v) is 7.54. The fraction of sp³-hybridized carbons (Fsp3) is 0.765. The third kappa shape index (κ3) is 2.60. The van der Waals surface area contributed by atoms with E-state index in [1.807, 2.05) is 0 Å². The molecule has 0 radical (unpaired) electrons. The first-order valence-corrected chi connectivity index (χ1v) is 8.59. The summed E-state index contributed by atoms with van der Waals surface area (Å²) in [6, 6.07) is 2.08. The normalized spacial score (nSPS) is 36.7. The Labute approximate surface area is 127 Å². The second kappa shape index (κ2) is 5.15. The summed E-state index contributed by atoms with van der Waals surface area (Å²) in [4.78, 5) is 8.77. The molecule has 2 N–H and O–H groups in total. The largest absolute Gasteiger partial charge is 0.370 e. The van der Waals surface area contributed by atoms with E-state index < -0.39 is 0 Å². The highest BCUT2D eigenvalue weighted by molar-refractivity contribution is 5.48. The average molecular weight is 286 g/mol. The monoisotopic (exact) mass is 286 g/mol. The molecule has 4 aliphatic rings. The van der Waals surface area contributed by atoms with Gasteiger partial charge in [0.05, 0.1) is 0 Å². The van der Waals surface area contributed by atoms with Crippen LogP contribution in [0.15, 0.2) is 12.4 Å². The molecule has 21 heavy (non-hydrogen) atoms. The van der Waals surface area contributed by atoms with Crippen LogP contribution in [0.1, 0.15) is 51.9 Å². The van der Waals surface area contributed by atoms with E-state index in [4.69, 9.17) is 0 Å². The minimum absolute atomic E-state index is 0.325. The lowest BCUT2D eigenvalue weighted by molar-refractivity contribution is 0.0105. The molecule has 0 aliphatic heterocycles. The summed E-state index contributed by atoms with van der Waals surface area (Å²) in [6.07, 6.45) is 11.3. The zero-order valence-electron chi connectivity index (χ0n) is 12.9. The van der Waals surface area contributed by atoms with Gasteiger partial charge in [-0.15, -0.1) is 0 Å². The van der Waals surface area contributed by atoms with Crippen LogP contribution in [0.25, 0.3) is 0 Å². The number of rotatable bonds is 5. The minimum atomic E-state index is 0.325. The highest BCUT2D eigenvalue weighted by atomic mass is 15.1. The first-order chi connectivity index (χ1) is 10.2. The van der Waals surface area contributed by atoms with Gasteiger partial charge in [-0.05, 0) is 62.7 Å². The third-order valence-corrected chi connectivity index (χ3v) is 5.65. The Morgan fingerprint density at radius 3 is 2.29 bits per heavy atom. The van der Waals surface area contributed by atoms with Gasteiger partial charge in [0.25, 0.3) is 0 Å². The molecule has 4 bridgehead atoms. The zero-order valence-corrected chi connectivity index (χ0v) is 12.9. The summed E-state index contributed by atoms with van der Waals surface area (Å²) in [6.45, 7) is 3.14. The Balaban J connectivity index is 1.50. The van der Waals surface area contributed by atoms with E-state index in [9.17, 15) is 0 Å². The van der Waals surface area contributed by atoms with E-state index >= 15 is 0 Å². The molecule has 0 spiro atoms. The highest BCUT2D eigenvalue weighted by Crippen LogP contribution is 2.56. The molecule has 1 aromatic heterocycles. The fourth-order valence-corrected chi connectivity index (χ4v) is 5.31. The predicted octanol–water partition coefficient (Wildman–Crippen LogP) is 3.68. The van der Waals surface area contributed by atoms with Gasteiger partial charge < -0.3 is 10.6 Å². The Morgan fingerprint density at radius 1 is 1.05 bits per heavy atom. The van der Waals surface area contributed by atoms with Crippen molar-refractivity contribution in [3.63, 3.8) is 0 Å². The maximum Gasteiger partial charge on any atom is 0.131 e. The van der Waals surface area contributed by atoms with Crippen molar-refractivity contribution in [2.24, 2.45) is 17.8 Å². The molecule has 4 aliphatic carbocycles. The molecule has 114 valence electrons. The van der Waals surface area contributed by atoms with Gasteiger partial charge in [-0.3, -0.25) is 0 Å².